The minimum Gasteiger partial charge on any atom is -0.504 e. The van der Waals surface area contributed by atoms with Gasteiger partial charge in [-0.2, -0.15) is 5.10 Å². The van der Waals surface area contributed by atoms with E-state index in [1.807, 2.05) is 18.2 Å². The van der Waals surface area contributed by atoms with Crippen molar-refractivity contribution in [1.29, 1.82) is 0 Å². The van der Waals surface area contributed by atoms with E-state index in [1.54, 1.807) is 25.4 Å². The molecule has 0 aliphatic carbocycles. The van der Waals surface area contributed by atoms with Gasteiger partial charge in [0.05, 0.1) is 16.7 Å². The predicted octanol–water partition coefficient (Wildman–Crippen LogP) is 3.60. The maximum atomic E-state index is 14.6. The number of aryl methyl sites for hydroxylation is 1. The summed E-state index contributed by atoms with van der Waals surface area (Å²) in [7, 11) is 1.72. The van der Waals surface area contributed by atoms with E-state index in [1.165, 1.54) is 4.68 Å². The molecule has 1 saturated heterocycles. The van der Waals surface area contributed by atoms with Crippen LogP contribution in [0.2, 0.25) is 0 Å². The second-order valence-electron chi connectivity index (χ2n) is 8.48. The van der Waals surface area contributed by atoms with E-state index in [-0.39, 0.29) is 5.52 Å². The Labute approximate surface area is 179 Å². The average molecular weight is 420 g/mol. The van der Waals surface area contributed by atoms with Crippen molar-refractivity contribution in [2.75, 3.05) is 18.0 Å². The molecular formula is C23H25FN6O. The van der Waals surface area contributed by atoms with Crippen molar-refractivity contribution in [3.63, 3.8) is 0 Å². The van der Waals surface area contributed by atoms with Crippen LogP contribution in [-0.2, 0) is 7.05 Å². The molecule has 3 aromatic heterocycles. The van der Waals surface area contributed by atoms with E-state index in [9.17, 15) is 9.50 Å². The standard InChI is InChI=1S/C23H25FN6O/c1-13(2)25-15-8-9-30(12-15)20-7-6-18-19(27-20)5-4-17(26-18)16-10-14-11-29(3)28-22(14)21(24)23(16)31/h4-7,10-11,13,15,25,31H,8-9,12H2,1-3H3. The van der Waals surface area contributed by atoms with E-state index in [4.69, 9.17) is 4.98 Å². The number of halogens is 1. The molecule has 160 valence electrons. The lowest BCUT2D eigenvalue weighted by atomic mass is 10.1. The van der Waals surface area contributed by atoms with E-state index >= 15 is 0 Å². The van der Waals surface area contributed by atoms with Crippen LogP contribution in [0, 0.1) is 5.82 Å². The Kier molecular flexibility index (Phi) is 4.74. The van der Waals surface area contributed by atoms with E-state index in [0.29, 0.717) is 34.2 Å². The van der Waals surface area contributed by atoms with Crippen LogP contribution in [0.5, 0.6) is 5.75 Å². The molecule has 1 aliphatic rings. The highest BCUT2D eigenvalue weighted by Gasteiger charge is 2.24. The number of rotatable bonds is 4. The van der Waals surface area contributed by atoms with E-state index in [2.05, 4.69) is 34.1 Å². The van der Waals surface area contributed by atoms with Gasteiger partial charge in [0.2, 0.25) is 0 Å². The third-order valence-corrected chi connectivity index (χ3v) is 5.71. The zero-order chi connectivity index (χ0) is 21.7. The Bertz CT molecular complexity index is 1280. The number of hydrogen-bond acceptors (Lipinski definition) is 6. The molecule has 5 rings (SSSR count). The quantitative estimate of drug-likeness (QED) is 0.525. The molecular weight excluding hydrogens is 395 g/mol. The highest BCUT2D eigenvalue weighted by Crippen LogP contribution is 2.36. The first-order valence-corrected chi connectivity index (χ1v) is 10.5. The first-order chi connectivity index (χ1) is 14.9. The third kappa shape index (κ3) is 3.57. The summed E-state index contributed by atoms with van der Waals surface area (Å²) in [5.41, 5.74) is 2.44. The Morgan fingerprint density at radius 2 is 1.94 bits per heavy atom. The number of aromatic nitrogens is 4. The predicted molar refractivity (Wildman–Crippen MR) is 120 cm³/mol. The van der Waals surface area contributed by atoms with Gasteiger partial charge in [-0.15, -0.1) is 0 Å². The average Bonchev–Trinajstić information content (AvgIpc) is 3.35. The number of hydrogen-bond donors (Lipinski definition) is 2. The number of pyridine rings is 2. The molecule has 31 heavy (non-hydrogen) atoms. The number of benzene rings is 1. The molecule has 4 aromatic rings. The summed E-state index contributed by atoms with van der Waals surface area (Å²) >= 11 is 0. The van der Waals surface area contributed by atoms with Crippen molar-refractivity contribution < 1.29 is 9.50 Å². The molecule has 7 nitrogen and oxygen atoms in total. The molecule has 8 heteroatoms. The van der Waals surface area contributed by atoms with Gasteiger partial charge in [0.15, 0.2) is 11.6 Å². The summed E-state index contributed by atoms with van der Waals surface area (Å²) in [4.78, 5) is 11.7. The highest BCUT2D eigenvalue weighted by molar-refractivity contribution is 5.89. The second kappa shape index (κ2) is 7.46. The maximum absolute atomic E-state index is 14.6. The Balaban J connectivity index is 1.47. The van der Waals surface area contributed by atoms with Gasteiger partial charge in [0.1, 0.15) is 11.3 Å². The number of phenols is 1. The number of phenolic OH excluding ortho intramolecular Hbond substituents is 1. The van der Waals surface area contributed by atoms with Gasteiger partial charge < -0.3 is 15.3 Å². The molecule has 1 aromatic carbocycles. The fourth-order valence-corrected chi connectivity index (χ4v) is 4.33. The molecule has 0 radical (unpaired) electrons. The monoisotopic (exact) mass is 420 g/mol. The first-order valence-electron chi connectivity index (χ1n) is 10.5. The second-order valence-corrected chi connectivity index (χ2v) is 8.48. The largest absolute Gasteiger partial charge is 0.504 e. The Morgan fingerprint density at radius 1 is 1.16 bits per heavy atom. The summed E-state index contributed by atoms with van der Waals surface area (Å²) in [5, 5.41) is 18.7. The summed E-state index contributed by atoms with van der Waals surface area (Å²) < 4.78 is 16.2. The maximum Gasteiger partial charge on any atom is 0.193 e. The van der Waals surface area contributed by atoms with Gasteiger partial charge in [-0.25, -0.2) is 14.4 Å². The Hall–Kier alpha value is -3.26. The number of anilines is 1. The number of aromatic hydroxyl groups is 1. The van der Waals surface area contributed by atoms with Crippen LogP contribution in [0.15, 0.2) is 36.5 Å². The van der Waals surface area contributed by atoms with Gasteiger partial charge in [-0.1, -0.05) is 13.8 Å². The number of fused-ring (bicyclic) bond motifs is 2. The van der Waals surface area contributed by atoms with Gasteiger partial charge in [0.25, 0.3) is 0 Å². The SMILES string of the molecule is CC(C)NC1CCN(c2ccc3nc(-c4cc5cn(C)nc5c(F)c4O)ccc3n2)C1. The molecule has 1 unspecified atom stereocenters. The van der Waals surface area contributed by atoms with Gasteiger partial charge in [-0.3, -0.25) is 4.68 Å². The lowest BCUT2D eigenvalue weighted by Gasteiger charge is -2.19. The van der Waals surface area contributed by atoms with Crippen LogP contribution in [0.1, 0.15) is 20.3 Å². The number of nitrogens with one attached hydrogen (secondary N) is 1. The topological polar surface area (TPSA) is 79.1 Å². The fraction of sp³-hybridized carbons (Fsp3) is 0.348. The normalized spacial score (nSPS) is 16.8. The minimum atomic E-state index is -0.734. The van der Waals surface area contributed by atoms with Crippen LogP contribution < -0.4 is 10.2 Å². The van der Waals surface area contributed by atoms with Crippen molar-refractivity contribution in [3.05, 3.63) is 42.3 Å². The first kappa shape index (κ1) is 19.7. The smallest absolute Gasteiger partial charge is 0.193 e. The van der Waals surface area contributed by atoms with Gasteiger partial charge >= 0.3 is 0 Å². The molecule has 0 saturated carbocycles. The van der Waals surface area contributed by atoms with Crippen molar-refractivity contribution in [3.8, 4) is 17.0 Å². The zero-order valence-corrected chi connectivity index (χ0v) is 17.8. The lowest BCUT2D eigenvalue weighted by molar-refractivity contribution is 0.437. The summed E-state index contributed by atoms with van der Waals surface area (Å²) in [6.07, 6.45) is 2.81. The zero-order valence-electron chi connectivity index (χ0n) is 17.8. The highest BCUT2D eigenvalue weighted by atomic mass is 19.1. The van der Waals surface area contributed by atoms with Gasteiger partial charge in [0, 0.05) is 49.4 Å². The Morgan fingerprint density at radius 3 is 2.74 bits per heavy atom. The van der Waals surface area contributed by atoms with Crippen LogP contribution in [0.3, 0.4) is 0 Å². The fourth-order valence-electron chi connectivity index (χ4n) is 4.33. The van der Waals surface area contributed by atoms with Crippen molar-refractivity contribution in [2.24, 2.45) is 7.05 Å². The van der Waals surface area contributed by atoms with Crippen molar-refractivity contribution >= 4 is 27.8 Å². The summed E-state index contributed by atoms with van der Waals surface area (Å²) in [5.74, 6) is -0.244. The van der Waals surface area contributed by atoms with Crippen molar-refractivity contribution in [1.82, 2.24) is 25.1 Å². The molecule has 0 bridgehead atoms. The van der Waals surface area contributed by atoms with E-state index < -0.39 is 11.6 Å². The van der Waals surface area contributed by atoms with Crippen LogP contribution >= 0.6 is 0 Å². The van der Waals surface area contributed by atoms with Crippen molar-refractivity contribution in [2.45, 2.75) is 32.4 Å². The number of nitrogens with zero attached hydrogens (tertiary/aromatic N) is 5. The molecule has 2 N–H and O–H groups in total. The van der Waals surface area contributed by atoms with Crippen LogP contribution in [0.25, 0.3) is 33.2 Å². The lowest BCUT2D eigenvalue weighted by Crippen LogP contribution is -2.37. The molecule has 1 fully saturated rings. The van der Waals surface area contributed by atoms with Crippen LogP contribution in [0.4, 0.5) is 10.2 Å². The molecule has 4 heterocycles. The van der Waals surface area contributed by atoms with Crippen LogP contribution in [-0.4, -0.2) is 50.0 Å². The molecule has 1 aliphatic heterocycles. The molecule has 0 amide bonds. The van der Waals surface area contributed by atoms with E-state index in [0.717, 1.165) is 30.8 Å². The summed E-state index contributed by atoms with van der Waals surface area (Å²) in [6, 6.07) is 10.2. The minimum absolute atomic E-state index is 0.145. The summed E-state index contributed by atoms with van der Waals surface area (Å²) in [6.45, 7) is 6.22. The third-order valence-electron chi connectivity index (χ3n) is 5.71. The molecule has 1 atom stereocenters. The molecule has 0 spiro atoms. The van der Waals surface area contributed by atoms with Gasteiger partial charge in [-0.05, 0) is 36.8 Å².